The highest BCUT2D eigenvalue weighted by Gasteiger charge is 2.57. The number of aryl methyl sites for hydroxylation is 2. The number of carboxylic acid groups (broad SMARTS) is 1. The van der Waals surface area contributed by atoms with Crippen molar-refractivity contribution in [2.24, 2.45) is 17.9 Å². The van der Waals surface area contributed by atoms with Crippen LogP contribution in [0.3, 0.4) is 0 Å². The Bertz CT molecular complexity index is 1770. The molecule has 0 bridgehead atoms. The molecule has 1 aromatic carbocycles. The molecule has 2 unspecified atom stereocenters. The number of nitrogens with one attached hydrogen (secondary N) is 1. The largest absolute Gasteiger partial charge is 0.724 e. The fourth-order valence-electron chi connectivity index (χ4n) is 4.74. The number of β-lactam (4-membered cyclic amide) rings is 1. The monoisotopic (exact) mass is 693 g/mol. The van der Waals surface area contributed by atoms with Crippen LogP contribution in [0.25, 0.3) is 11.1 Å². The molecule has 1 aliphatic heterocycles. The Morgan fingerprint density at radius 2 is 1.98 bits per heavy atom. The zero-order valence-corrected chi connectivity index (χ0v) is 27.5. The number of nitrogens with zero attached hydrogens (tertiary/aromatic N) is 6. The van der Waals surface area contributed by atoms with Gasteiger partial charge < -0.3 is 36.2 Å². The Hall–Kier alpha value is -4.63. The first-order valence-corrected chi connectivity index (χ1v) is 16.3. The highest BCUT2D eigenvalue weighted by Crippen LogP contribution is 2.33. The minimum Gasteiger partial charge on any atom is -0.724 e. The van der Waals surface area contributed by atoms with Gasteiger partial charge in [-0.3, -0.25) is 9.59 Å². The van der Waals surface area contributed by atoms with Crippen molar-refractivity contribution in [1.82, 2.24) is 20.0 Å². The maximum Gasteiger partial charge on any atom is 0.349 e. The van der Waals surface area contributed by atoms with Crippen molar-refractivity contribution in [3.8, 4) is 11.1 Å². The van der Waals surface area contributed by atoms with E-state index in [-0.39, 0.29) is 17.4 Å². The number of amides is 2. The number of thiazole rings is 1. The molecule has 3 heterocycles. The number of hydrogen-bond acceptors (Lipinski definition) is 14. The third kappa shape index (κ3) is 8.21. The van der Waals surface area contributed by atoms with Gasteiger partial charge in [-0.15, -0.1) is 16.0 Å². The molecule has 2 amide bonds. The van der Waals surface area contributed by atoms with Gasteiger partial charge >= 0.3 is 5.97 Å². The Labute approximate surface area is 274 Å². The molecule has 4 rings (SSSR count). The highest BCUT2D eigenvalue weighted by molar-refractivity contribution is 7.80. The van der Waals surface area contributed by atoms with E-state index in [0.29, 0.717) is 17.3 Å². The summed E-state index contributed by atoms with van der Waals surface area (Å²) >= 11 is 0.971. The summed E-state index contributed by atoms with van der Waals surface area (Å²) in [6.45, 7) is 3.89. The van der Waals surface area contributed by atoms with Crippen molar-refractivity contribution in [2.45, 2.75) is 44.5 Å². The summed E-state index contributed by atoms with van der Waals surface area (Å²) in [5.41, 5.74) is 12.0. The van der Waals surface area contributed by atoms with E-state index >= 15 is 0 Å². The third-order valence-electron chi connectivity index (χ3n) is 7.34. The number of carbonyl (C=O) groups is 3. The summed E-state index contributed by atoms with van der Waals surface area (Å²) in [6, 6.07) is 6.12. The predicted octanol–water partition coefficient (Wildman–Crippen LogP) is -0.825. The maximum atomic E-state index is 13.3. The highest BCUT2D eigenvalue weighted by atomic mass is 32.3. The topological polar surface area (TPSA) is 252 Å². The van der Waals surface area contributed by atoms with Crippen LogP contribution in [0.5, 0.6) is 0 Å². The molecule has 0 saturated carbocycles. The van der Waals surface area contributed by atoms with E-state index < -0.39 is 51.6 Å². The number of carbonyl (C=O) groups excluding carboxylic acids is 2. The zero-order chi connectivity index (χ0) is 34.7. The van der Waals surface area contributed by atoms with E-state index in [0.717, 1.165) is 35.4 Å². The van der Waals surface area contributed by atoms with Gasteiger partial charge in [-0.25, -0.2) is 18.2 Å². The summed E-state index contributed by atoms with van der Waals surface area (Å²) in [5, 5.41) is 17.8. The van der Waals surface area contributed by atoms with Crippen molar-refractivity contribution in [1.29, 1.82) is 0 Å². The summed E-state index contributed by atoms with van der Waals surface area (Å²) in [6.07, 6.45) is 3.31. The maximum absolute atomic E-state index is 13.3. The molecule has 20 heteroatoms. The first kappa shape index (κ1) is 35.2. The Kier molecular flexibility index (Phi) is 10.5. The van der Waals surface area contributed by atoms with Crippen LogP contribution in [0.4, 0.5) is 10.8 Å². The van der Waals surface area contributed by atoms with Gasteiger partial charge in [-0.2, -0.15) is 14.0 Å². The van der Waals surface area contributed by atoms with Gasteiger partial charge in [0.2, 0.25) is 22.7 Å². The van der Waals surface area contributed by atoms with E-state index in [4.69, 9.17) is 16.3 Å². The first-order chi connectivity index (χ1) is 22.0. The van der Waals surface area contributed by atoms with Gasteiger partial charge in [0.15, 0.2) is 17.9 Å². The van der Waals surface area contributed by atoms with Gasteiger partial charge in [-0.1, -0.05) is 17.3 Å². The van der Waals surface area contributed by atoms with Crippen molar-refractivity contribution in [2.75, 3.05) is 30.8 Å². The Morgan fingerprint density at radius 1 is 1.30 bits per heavy atom. The van der Waals surface area contributed by atoms with Crippen molar-refractivity contribution >= 4 is 56.1 Å². The van der Waals surface area contributed by atoms with Crippen LogP contribution in [0.1, 0.15) is 26.0 Å². The van der Waals surface area contributed by atoms with E-state index in [1.54, 1.807) is 11.9 Å². The fourth-order valence-corrected chi connectivity index (χ4v) is 5.73. The smallest absolute Gasteiger partial charge is 0.349 e. The average molecular weight is 694 g/mol. The molecule has 0 spiro atoms. The minimum atomic E-state index is -5.26. The number of aliphatic carboxylic acids is 1. The second-order valence-electron chi connectivity index (χ2n) is 11.1. The normalized spacial score (nSPS) is 16.8. The van der Waals surface area contributed by atoms with Crippen LogP contribution < -0.4 is 26.4 Å². The molecule has 0 radical (unpaired) electrons. The van der Waals surface area contributed by atoms with Crippen LogP contribution in [-0.4, -0.2) is 94.1 Å². The molecule has 18 nitrogen and oxygen atoms in total. The Balaban J connectivity index is 1.48. The number of oxime groups is 1. The number of hydrogen-bond donors (Lipinski definition) is 4. The molecule has 254 valence electrons. The number of likely N-dealkylation sites (N-methyl/N-ethyl adjacent to an activating group) is 1. The number of aromatic nitrogens is 3. The van der Waals surface area contributed by atoms with Crippen LogP contribution in [0, 0.1) is 0 Å². The summed E-state index contributed by atoms with van der Waals surface area (Å²) < 4.78 is 41.2. The van der Waals surface area contributed by atoms with Crippen LogP contribution in [-0.2, 0) is 47.5 Å². The molecule has 0 aliphatic carbocycles. The lowest BCUT2D eigenvalue weighted by atomic mass is 9.84. The third-order valence-corrected chi connectivity index (χ3v) is 8.34. The lowest BCUT2D eigenvalue weighted by Gasteiger charge is -2.51. The SMILES string of the molecule is CN(CC(ON=C(C(=O)NC1C(=O)N(OS(=O)(=O)[O-])C1(C)C)c1csc(N)n1)C(=O)O)c1ccc(-c2cn(CCCN)[n+](C)c2)cc1. The fraction of sp³-hybridized carbons (Fsp3) is 0.407. The van der Waals surface area contributed by atoms with E-state index in [1.165, 1.54) is 19.2 Å². The van der Waals surface area contributed by atoms with Gasteiger partial charge in [0.25, 0.3) is 11.8 Å². The number of rotatable bonds is 15. The lowest BCUT2D eigenvalue weighted by molar-refractivity contribution is -0.753. The molecule has 47 heavy (non-hydrogen) atoms. The number of anilines is 2. The van der Waals surface area contributed by atoms with E-state index in [9.17, 15) is 32.5 Å². The number of nitrogens with two attached hydrogens (primary N) is 2. The standard InChI is InChI=1S/C27H35N9O9S2/c1-27(2)22(24(38)36(27)45-47(41,42)43)31-23(37)21(19-15-46-26(29)30-19)32-44-20(25(39)40)14-33(3)18-8-6-16(7-9-18)17-12-34(4)35(13-17)11-5-10-28/h6-9,12-13,15,20,22H,5,10-11,14,28H2,1-4H3,(H4-,29,30,31,37,39,40,41,42,43). The molecular formula is C27H35N9O9S2. The predicted molar refractivity (Wildman–Crippen MR) is 167 cm³/mol. The number of nitrogen functional groups attached to an aromatic ring is 1. The van der Waals surface area contributed by atoms with Crippen LogP contribution in [0.15, 0.2) is 47.2 Å². The minimum absolute atomic E-state index is 0.0665. The molecule has 3 aromatic rings. The molecular weight excluding hydrogens is 658 g/mol. The average Bonchev–Trinajstić information content (AvgIpc) is 3.61. The number of carboxylic acids is 1. The zero-order valence-electron chi connectivity index (χ0n) is 25.9. The second kappa shape index (κ2) is 14.0. The van der Waals surface area contributed by atoms with Gasteiger partial charge in [-0.05, 0) is 44.5 Å². The van der Waals surface area contributed by atoms with E-state index in [2.05, 4.69) is 24.4 Å². The number of benzene rings is 1. The molecule has 1 fully saturated rings. The molecule has 1 saturated heterocycles. The lowest BCUT2D eigenvalue weighted by Crippen LogP contribution is -2.76. The van der Waals surface area contributed by atoms with E-state index in [1.807, 2.05) is 48.4 Å². The van der Waals surface area contributed by atoms with Crippen molar-refractivity contribution in [3.63, 3.8) is 0 Å². The van der Waals surface area contributed by atoms with Crippen LogP contribution in [0.2, 0.25) is 0 Å². The summed E-state index contributed by atoms with van der Waals surface area (Å²) in [7, 11) is -1.66. The van der Waals surface area contributed by atoms with Crippen molar-refractivity contribution < 1.29 is 46.3 Å². The quantitative estimate of drug-likeness (QED) is 0.0379. The molecule has 2 atom stereocenters. The van der Waals surface area contributed by atoms with Gasteiger partial charge in [0, 0.05) is 18.1 Å². The second-order valence-corrected chi connectivity index (χ2v) is 13.0. The van der Waals surface area contributed by atoms with Gasteiger partial charge in [0.05, 0.1) is 30.4 Å². The molecule has 2 aromatic heterocycles. The number of hydroxylamine groups is 2. The molecule has 6 N–H and O–H groups in total. The van der Waals surface area contributed by atoms with Gasteiger partial charge in [0.1, 0.15) is 11.7 Å². The first-order valence-electron chi connectivity index (χ1n) is 14.1. The Morgan fingerprint density at radius 3 is 2.53 bits per heavy atom. The van der Waals surface area contributed by atoms with Crippen molar-refractivity contribution in [3.05, 3.63) is 47.7 Å². The summed E-state index contributed by atoms with van der Waals surface area (Å²) in [4.78, 5) is 48.9. The molecule has 1 aliphatic rings. The van der Waals surface area contributed by atoms with Crippen LogP contribution >= 0.6 is 11.3 Å². The summed E-state index contributed by atoms with van der Waals surface area (Å²) in [5.74, 6) is -3.40.